The van der Waals surface area contributed by atoms with Gasteiger partial charge in [-0.1, -0.05) is 98.8 Å². The minimum Gasteiger partial charge on any atom is -0.445 e. The second-order valence-electron chi connectivity index (χ2n) is 21.5. The second-order valence-corrected chi connectivity index (χ2v) is 25.8. The van der Waals surface area contributed by atoms with Gasteiger partial charge >= 0.3 is 18.3 Å². The average Bonchev–Trinajstić information content (AvgIpc) is 4.44. The molecule has 0 saturated heterocycles. The lowest BCUT2D eigenvalue weighted by molar-refractivity contribution is -0.117. The molecule has 4 aromatic heterocycles. The Labute approximate surface area is 501 Å². The quantitative estimate of drug-likeness (QED) is 0.0695. The fraction of sp³-hybridized carbons (Fsp3) is 0.381. The number of fused-ring (bicyclic) bond motifs is 4. The number of nitrogens with one attached hydrogen (secondary N) is 3. The number of para-hydroxylation sites is 2. The summed E-state index contributed by atoms with van der Waals surface area (Å²) in [6, 6.07) is 35.1. The summed E-state index contributed by atoms with van der Waals surface area (Å²) < 4.78 is 19.0. The Bertz CT molecular complexity index is 3470. The molecular formula is C63H72N8O8S4. The van der Waals surface area contributed by atoms with Crippen LogP contribution in [0, 0.1) is 0 Å². The first kappa shape index (κ1) is 60.4. The molecule has 436 valence electrons. The number of anilines is 2. The van der Waals surface area contributed by atoms with Crippen molar-refractivity contribution in [3.63, 3.8) is 0 Å². The number of thiophene rings is 2. The van der Waals surface area contributed by atoms with Gasteiger partial charge in [-0.25, -0.2) is 24.4 Å². The molecule has 0 fully saturated rings. The van der Waals surface area contributed by atoms with E-state index in [0.29, 0.717) is 24.5 Å². The van der Waals surface area contributed by atoms with Crippen LogP contribution in [0.15, 0.2) is 109 Å². The van der Waals surface area contributed by atoms with Crippen LogP contribution in [-0.4, -0.2) is 98.6 Å². The summed E-state index contributed by atoms with van der Waals surface area (Å²) in [4.78, 5) is 82.5. The molecule has 6 heterocycles. The fourth-order valence-electron chi connectivity index (χ4n) is 9.66. The Hall–Kier alpha value is -7.23. The van der Waals surface area contributed by atoms with Gasteiger partial charge in [0.15, 0.2) is 0 Å². The van der Waals surface area contributed by atoms with Gasteiger partial charge in [-0.05, 0) is 113 Å². The second kappa shape index (κ2) is 27.9. The summed E-state index contributed by atoms with van der Waals surface area (Å²) in [6.07, 6.45) is 2.14. The Morgan fingerprint density at radius 3 is 1.55 bits per heavy atom. The van der Waals surface area contributed by atoms with Crippen LogP contribution in [-0.2, 0) is 62.9 Å². The number of rotatable bonds is 18. The van der Waals surface area contributed by atoms with E-state index < -0.39 is 17.8 Å². The predicted molar refractivity (Wildman–Crippen MR) is 334 cm³/mol. The molecule has 2 aliphatic rings. The highest BCUT2D eigenvalue weighted by molar-refractivity contribution is 7.23. The molecule has 20 heteroatoms. The van der Waals surface area contributed by atoms with Crippen LogP contribution in [0.1, 0.15) is 106 Å². The van der Waals surface area contributed by atoms with Crippen molar-refractivity contribution in [2.75, 3.05) is 36.8 Å². The number of carbonyl (C=O) groups is 5. The summed E-state index contributed by atoms with van der Waals surface area (Å²) in [5.41, 5.74) is 7.44. The van der Waals surface area contributed by atoms with Crippen molar-refractivity contribution < 1.29 is 38.2 Å². The van der Waals surface area contributed by atoms with Gasteiger partial charge in [-0.15, -0.1) is 45.3 Å². The number of aromatic nitrogens is 2. The topological polar surface area (TPSA) is 185 Å². The zero-order valence-corrected chi connectivity index (χ0v) is 51.3. The number of amides is 5. The van der Waals surface area contributed by atoms with Crippen molar-refractivity contribution in [1.29, 1.82) is 0 Å². The van der Waals surface area contributed by atoms with Gasteiger partial charge in [0.2, 0.25) is 11.8 Å². The zero-order valence-electron chi connectivity index (χ0n) is 48.1. The number of hydrogen-bond acceptors (Lipinski definition) is 15. The zero-order chi connectivity index (χ0) is 58.6. The summed E-state index contributed by atoms with van der Waals surface area (Å²) >= 11 is 6.33. The maximum absolute atomic E-state index is 13.4. The first-order valence-electron chi connectivity index (χ1n) is 28.3. The third kappa shape index (κ3) is 15.5. The minimum atomic E-state index is -0.588. The molecule has 16 nitrogen and oxygen atoms in total. The van der Waals surface area contributed by atoms with E-state index in [4.69, 9.17) is 24.2 Å². The van der Waals surface area contributed by atoms with Gasteiger partial charge < -0.3 is 44.9 Å². The molecule has 0 aliphatic carbocycles. The van der Waals surface area contributed by atoms with Crippen molar-refractivity contribution in [2.45, 2.75) is 131 Å². The van der Waals surface area contributed by atoms with E-state index in [1.165, 1.54) is 21.8 Å². The highest BCUT2D eigenvalue weighted by atomic mass is 32.1. The van der Waals surface area contributed by atoms with Crippen LogP contribution in [0.5, 0.6) is 0 Å². The SMILES string of the molecule is CCC(C)N(CCC(=O)Nc1sc2c(c1-c1nc3ccccc3s1)CCN(C(=O)OC(C)(C)C)C2)C(=O)OCc1ccccc1.CCC(C)N(CCC(=O)Nc1sc2c(c1-c1nc3ccccc3s1)CCNC2)C(=O)OCc1ccccc1. The van der Waals surface area contributed by atoms with Crippen LogP contribution in [0.3, 0.4) is 0 Å². The van der Waals surface area contributed by atoms with Crippen LogP contribution >= 0.6 is 45.3 Å². The van der Waals surface area contributed by atoms with Gasteiger partial charge in [0.25, 0.3) is 0 Å². The van der Waals surface area contributed by atoms with Crippen LogP contribution in [0.2, 0.25) is 0 Å². The Morgan fingerprint density at radius 2 is 1.08 bits per heavy atom. The summed E-state index contributed by atoms with van der Waals surface area (Å²) in [5, 5.41) is 13.0. The number of ether oxygens (including phenoxy) is 3. The lowest BCUT2D eigenvalue weighted by Gasteiger charge is -2.30. The molecule has 2 atom stereocenters. The Kier molecular flexibility index (Phi) is 20.3. The Balaban J connectivity index is 0.000000202. The average molecular weight is 1200 g/mol. The molecule has 0 spiro atoms. The van der Waals surface area contributed by atoms with Gasteiger partial charge in [0.05, 0.1) is 27.0 Å². The molecule has 5 amide bonds. The van der Waals surface area contributed by atoms with E-state index in [-0.39, 0.29) is 69.1 Å². The summed E-state index contributed by atoms with van der Waals surface area (Å²) in [6.45, 7) is 17.0. The third-order valence-corrected chi connectivity index (χ3v) is 18.8. The monoisotopic (exact) mass is 1200 g/mol. The summed E-state index contributed by atoms with van der Waals surface area (Å²) in [7, 11) is 0. The number of benzene rings is 4. The lowest BCUT2D eigenvalue weighted by atomic mass is 10.0. The van der Waals surface area contributed by atoms with Crippen molar-refractivity contribution >= 4 is 106 Å². The smallest absolute Gasteiger partial charge is 0.410 e. The molecule has 0 radical (unpaired) electrons. The van der Waals surface area contributed by atoms with E-state index in [9.17, 15) is 24.0 Å². The van der Waals surface area contributed by atoms with E-state index in [1.54, 1.807) is 48.7 Å². The van der Waals surface area contributed by atoms with Gasteiger partial charge in [-0.2, -0.15) is 0 Å². The van der Waals surface area contributed by atoms with Crippen molar-refractivity contribution in [2.24, 2.45) is 0 Å². The largest absolute Gasteiger partial charge is 0.445 e. The van der Waals surface area contributed by atoms with Crippen molar-refractivity contribution in [1.82, 2.24) is 30.0 Å². The molecule has 2 unspecified atom stereocenters. The van der Waals surface area contributed by atoms with Crippen LogP contribution in [0.25, 0.3) is 41.6 Å². The first-order valence-corrected chi connectivity index (χ1v) is 31.6. The first-order chi connectivity index (χ1) is 40.0. The molecule has 8 aromatic rings. The molecule has 3 N–H and O–H groups in total. The normalized spacial score (nSPS) is 13.7. The highest BCUT2D eigenvalue weighted by Crippen LogP contribution is 2.47. The minimum absolute atomic E-state index is 0.0375. The third-order valence-electron chi connectivity index (χ3n) is 14.4. The maximum Gasteiger partial charge on any atom is 0.410 e. The fourth-order valence-corrected chi connectivity index (χ4v) is 14.4. The Morgan fingerprint density at radius 1 is 0.627 bits per heavy atom. The van der Waals surface area contributed by atoms with E-state index >= 15 is 0 Å². The number of hydrogen-bond donors (Lipinski definition) is 3. The molecule has 83 heavy (non-hydrogen) atoms. The van der Waals surface area contributed by atoms with Gasteiger partial charge in [0, 0.05) is 72.0 Å². The van der Waals surface area contributed by atoms with E-state index in [0.717, 1.165) is 100 Å². The highest BCUT2D eigenvalue weighted by Gasteiger charge is 2.33. The van der Waals surface area contributed by atoms with E-state index in [2.05, 4.69) is 22.0 Å². The lowest BCUT2D eigenvalue weighted by Crippen LogP contribution is -2.40. The molecule has 10 rings (SSSR count). The number of carbonyl (C=O) groups excluding carboxylic acids is 5. The number of thiazole rings is 2. The standard InChI is InChI=1S/C34H40N4O5S2.C29H32N4O3S2/c1-6-22(2)38(33(41)42-21-23-12-8-7-9-13-23)19-17-28(39)36-31-29(30-35-25-14-10-11-15-26(25)44-30)24-16-18-37(20-27(24)45-31)32(40)43-34(3,4)5;1-3-19(2)33(29(35)36-18-20-9-5-4-6-10-20)16-14-25(34)32-28-26(21-13-15-30-17-24(21)38-28)27-31-22-11-7-8-12-23(22)37-27/h7-15,22H,6,16-21H2,1-5H3,(H,36,39);4-12,19,30H,3,13-18H2,1-2H3,(H,32,34). The van der Waals surface area contributed by atoms with E-state index in [1.807, 2.05) is 152 Å². The maximum atomic E-state index is 13.4. The predicted octanol–water partition coefficient (Wildman–Crippen LogP) is 14.5. The molecular weight excluding hydrogens is 1130 g/mol. The van der Waals surface area contributed by atoms with Crippen molar-refractivity contribution in [3.8, 4) is 21.1 Å². The number of nitrogens with zero attached hydrogens (tertiary/aromatic N) is 5. The van der Waals surface area contributed by atoms with Crippen molar-refractivity contribution in [3.05, 3.63) is 141 Å². The molecule has 4 aromatic carbocycles. The van der Waals surface area contributed by atoms with Crippen LogP contribution in [0.4, 0.5) is 24.4 Å². The molecule has 0 bridgehead atoms. The van der Waals surface area contributed by atoms with Gasteiger partial charge in [-0.3, -0.25) is 9.59 Å². The van der Waals surface area contributed by atoms with Gasteiger partial charge in [0.1, 0.15) is 38.8 Å². The summed E-state index contributed by atoms with van der Waals surface area (Å²) in [5.74, 6) is -0.327. The van der Waals surface area contributed by atoms with Crippen LogP contribution < -0.4 is 16.0 Å². The molecule has 0 saturated carbocycles. The molecule has 2 aliphatic heterocycles.